The Hall–Kier alpha value is -3.33. The second-order valence-corrected chi connectivity index (χ2v) is 8.40. The zero-order valence-electron chi connectivity index (χ0n) is 18.3. The Morgan fingerprint density at radius 1 is 1.25 bits per heavy atom. The Morgan fingerprint density at radius 3 is 2.81 bits per heavy atom. The molecular weight excluding hydrogens is 424 g/mol. The molecule has 2 aromatic heterocycles. The van der Waals surface area contributed by atoms with Crippen LogP contribution < -0.4 is 15.4 Å². The minimum atomic E-state index is -0.504. The van der Waals surface area contributed by atoms with Gasteiger partial charge in [0.05, 0.1) is 24.1 Å². The summed E-state index contributed by atoms with van der Waals surface area (Å²) in [6.45, 7) is 4.03. The Kier molecular flexibility index (Phi) is 6.75. The Balaban J connectivity index is 1.71. The van der Waals surface area contributed by atoms with Crippen molar-refractivity contribution in [2.75, 3.05) is 23.5 Å². The van der Waals surface area contributed by atoms with Crippen LogP contribution in [0.2, 0.25) is 0 Å². The van der Waals surface area contributed by atoms with Crippen LogP contribution in [-0.2, 0) is 4.79 Å². The van der Waals surface area contributed by atoms with Gasteiger partial charge in [-0.15, -0.1) is 5.10 Å². The van der Waals surface area contributed by atoms with Crippen molar-refractivity contribution in [1.82, 2.24) is 19.7 Å². The van der Waals surface area contributed by atoms with Gasteiger partial charge in [-0.3, -0.25) is 9.78 Å². The van der Waals surface area contributed by atoms with Gasteiger partial charge in [0.15, 0.2) is 0 Å². The predicted molar refractivity (Wildman–Crippen MR) is 126 cm³/mol. The van der Waals surface area contributed by atoms with Crippen molar-refractivity contribution in [2.24, 2.45) is 0 Å². The third kappa shape index (κ3) is 4.47. The summed E-state index contributed by atoms with van der Waals surface area (Å²) in [6.07, 6.45) is 3.93. The molecule has 1 unspecified atom stereocenters. The van der Waals surface area contributed by atoms with Crippen molar-refractivity contribution in [3.63, 3.8) is 0 Å². The minimum absolute atomic E-state index is 0.253. The van der Waals surface area contributed by atoms with Gasteiger partial charge in [-0.2, -0.15) is 4.98 Å². The van der Waals surface area contributed by atoms with Crippen LogP contribution >= 0.6 is 11.8 Å². The normalized spacial score (nSPS) is 15.2. The average Bonchev–Trinajstić information content (AvgIpc) is 3.21. The number of para-hydroxylation sites is 2. The zero-order valence-corrected chi connectivity index (χ0v) is 19.1. The molecule has 0 saturated heterocycles. The van der Waals surface area contributed by atoms with Gasteiger partial charge >= 0.3 is 0 Å². The number of nitrogens with zero attached hydrogens (tertiary/aromatic N) is 4. The topological polar surface area (TPSA) is 94.0 Å². The second kappa shape index (κ2) is 9.86. The molecule has 3 heterocycles. The number of rotatable bonds is 8. The maximum atomic E-state index is 13.5. The molecule has 4 rings (SSSR count). The van der Waals surface area contributed by atoms with Crippen molar-refractivity contribution in [3.05, 3.63) is 65.6 Å². The number of pyridine rings is 1. The maximum Gasteiger partial charge on any atom is 0.256 e. The van der Waals surface area contributed by atoms with E-state index in [4.69, 9.17) is 9.84 Å². The molecule has 1 aliphatic heterocycles. The molecular formula is C23H26N6O2S. The summed E-state index contributed by atoms with van der Waals surface area (Å²) in [6, 6.07) is 12.5. The Bertz CT molecular complexity index is 1130. The molecule has 0 spiro atoms. The largest absolute Gasteiger partial charge is 0.495 e. The van der Waals surface area contributed by atoms with Crippen molar-refractivity contribution in [2.45, 2.75) is 37.9 Å². The summed E-state index contributed by atoms with van der Waals surface area (Å²) in [7, 11) is 1.58. The van der Waals surface area contributed by atoms with E-state index in [9.17, 15) is 4.79 Å². The molecule has 1 aliphatic rings. The van der Waals surface area contributed by atoms with Crippen LogP contribution in [0, 0.1) is 0 Å². The summed E-state index contributed by atoms with van der Waals surface area (Å²) in [4.78, 5) is 22.7. The number of nitrogens with one attached hydrogen (secondary N) is 2. The molecule has 0 fully saturated rings. The standard InChI is InChI=1S/C23H26N6O2S/c1-4-5-14-32-23-27-22-25-15(2)19(20(29(22)28-23)17-11-8-9-13-24-17)21(30)26-16-10-6-7-12-18(16)31-3/h6-13,20H,4-5,14H2,1-3H3,(H,26,30)(H,25,27,28). The van der Waals surface area contributed by atoms with Gasteiger partial charge in [0.1, 0.15) is 11.8 Å². The summed E-state index contributed by atoms with van der Waals surface area (Å²) >= 11 is 1.62. The molecule has 32 heavy (non-hydrogen) atoms. The van der Waals surface area contributed by atoms with Gasteiger partial charge in [-0.25, -0.2) is 4.68 Å². The highest BCUT2D eigenvalue weighted by Gasteiger charge is 2.35. The molecule has 0 saturated carbocycles. The van der Waals surface area contributed by atoms with Gasteiger partial charge in [0.2, 0.25) is 11.1 Å². The minimum Gasteiger partial charge on any atom is -0.495 e. The molecule has 1 atom stereocenters. The first kappa shape index (κ1) is 21.9. The highest BCUT2D eigenvalue weighted by molar-refractivity contribution is 7.99. The van der Waals surface area contributed by atoms with Crippen LogP contribution in [0.3, 0.4) is 0 Å². The lowest BCUT2D eigenvalue weighted by molar-refractivity contribution is -0.113. The van der Waals surface area contributed by atoms with E-state index in [1.807, 2.05) is 49.4 Å². The van der Waals surface area contributed by atoms with Crippen LogP contribution in [0.15, 0.2) is 65.1 Å². The van der Waals surface area contributed by atoms with Gasteiger partial charge in [0, 0.05) is 17.6 Å². The first-order chi connectivity index (χ1) is 15.6. The van der Waals surface area contributed by atoms with E-state index < -0.39 is 6.04 Å². The number of carbonyl (C=O) groups is 1. The number of amides is 1. The quantitative estimate of drug-likeness (QED) is 0.385. The molecule has 1 aromatic carbocycles. The average molecular weight is 451 g/mol. The first-order valence-electron chi connectivity index (χ1n) is 10.5. The van der Waals surface area contributed by atoms with Crippen LogP contribution in [0.1, 0.15) is 38.4 Å². The van der Waals surface area contributed by atoms with E-state index >= 15 is 0 Å². The smallest absolute Gasteiger partial charge is 0.256 e. The molecule has 0 aliphatic carbocycles. The highest BCUT2D eigenvalue weighted by atomic mass is 32.2. The monoisotopic (exact) mass is 450 g/mol. The number of benzene rings is 1. The van der Waals surface area contributed by atoms with E-state index in [0.717, 1.165) is 24.3 Å². The molecule has 9 heteroatoms. The number of anilines is 2. The van der Waals surface area contributed by atoms with Crippen LogP contribution in [-0.4, -0.2) is 38.5 Å². The fourth-order valence-corrected chi connectivity index (χ4v) is 4.46. The Labute approximate surface area is 191 Å². The summed E-state index contributed by atoms with van der Waals surface area (Å²) < 4.78 is 7.14. The summed E-state index contributed by atoms with van der Waals surface area (Å²) in [5.74, 6) is 1.89. The van der Waals surface area contributed by atoms with Gasteiger partial charge < -0.3 is 15.4 Å². The number of ether oxygens (including phenoxy) is 1. The summed E-state index contributed by atoms with van der Waals surface area (Å²) in [5, 5.41) is 11.6. The lowest BCUT2D eigenvalue weighted by atomic mass is 9.98. The lowest BCUT2D eigenvalue weighted by Gasteiger charge is -2.28. The molecule has 3 aromatic rings. The van der Waals surface area contributed by atoms with Crippen molar-refractivity contribution in [3.8, 4) is 5.75 Å². The molecule has 2 N–H and O–H groups in total. The number of unbranched alkanes of at least 4 members (excludes halogenated alkanes) is 1. The van der Waals surface area contributed by atoms with E-state index in [1.165, 1.54) is 0 Å². The van der Waals surface area contributed by atoms with Crippen molar-refractivity contribution >= 4 is 29.3 Å². The van der Waals surface area contributed by atoms with Gasteiger partial charge in [0.25, 0.3) is 5.91 Å². The third-order valence-corrected chi connectivity index (χ3v) is 6.05. The lowest BCUT2D eigenvalue weighted by Crippen LogP contribution is -2.32. The van der Waals surface area contributed by atoms with E-state index in [1.54, 1.807) is 29.8 Å². The second-order valence-electron chi connectivity index (χ2n) is 7.34. The van der Waals surface area contributed by atoms with Crippen molar-refractivity contribution < 1.29 is 9.53 Å². The van der Waals surface area contributed by atoms with Crippen LogP contribution in [0.5, 0.6) is 5.75 Å². The SMILES string of the molecule is CCCCSc1nc2n(n1)C(c1ccccn1)C(C(=O)Nc1ccccc1OC)=C(C)N2. The van der Waals surface area contributed by atoms with Crippen LogP contribution in [0.4, 0.5) is 11.6 Å². The molecule has 1 amide bonds. The van der Waals surface area contributed by atoms with E-state index in [0.29, 0.717) is 33.8 Å². The van der Waals surface area contributed by atoms with E-state index in [2.05, 4.69) is 27.5 Å². The van der Waals surface area contributed by atoms with Gasteiger partial charge in [-0.05, 0) is 37.6 Å². The number of fused-ring (bicyclic) bond motifs is 1. The van der Waals surface area contributed by atoms with Crippen molar-refractivity contribution in [1.29, 1.82) is 0 Å². The van der Waals surface area contributed by atoms with E-state index in [-0.39, 0.29) is 5.91 Å². The molecule has 166 valence electrons. The number of hydrogen-bond acceptors (Lipinski definition) is 7. The fourth-order valence-electron chi connectivity index (χ4n) is 3.54. The first-order valence-corrected chi connectivity index (χ1v) is 11.5. The number of methoxy groups -OCH3 is 1. The zero-order chi connectivity index (χ0) is 22.5. The predicted octanol–water partition coefficient (Wildman–Crippen LogP) is 4.50. The number of aromatic nitrogens is 4. The molecule has 8 nitrogen and oxygen atoms in total. The highest BCUT2D eigenvalue weighted by Crippen LogP contribution is 2.36. The third-order valence-electron chi connectivity index (χ3n) is 5.13. The fraction of sp³-hybridized carbons (Fsp3) is 0.304. The molecule has 0 bridgehead atoms. The Morgan fingerprint density at radius 2 is 2.06 bits per heavy atom. The number of carbonyl (C=O) groups excluding carboxylic acids is 1. The maximum absolute atomic E-state index is 13.5. The van der Waals surface area contributed by atoms with Crippen LogP contribution in [0.25, 0.3) is 0 Å². The number of allylic oxidation sites excluding steroid dienone is 1. The number of thioether (sulfide) groups is 1. The number of hydrogen-bond donors (Lipinski definition) is 2. The molecule has 0 radical (unpaired) electrons. The summed E-state index contributed by atoms with van der Waals surface area (Å²) in [5.41, 5.74) is 2.55. The van der Waals surface area contributed by atoms with Gasteiger partial charge in [-0.1, -0.05) is 43.3 Å².